The maximum atomic E-state index is 13.0. The topological polar surface area (TPSA) is 43.1 Å². The number of hydrogen-bond acceptors (Lipinski definition) is 2. The quantitative estimate of drug-likeness (QED) is 0.923. The highest BCUT2D eigenvalue weighted by molar-refractivity contribution is 9.10. The second kappa shape index (κ2) is 4.26. The Morgan fingerprint density at radius 2 is 2.19 bits per heavy atom. The molecule has 1 saturated carbocycles. The van der Waals surface area contributed by atoms with Crippen molar-refractivity contribution in [2.75, 3.05) is 6.54 Å². The number of Topliss-reactive ketones (excluding diaryl/α,β-unsaturated/α-hetero) is 1. The molecule has 0 bridgehead atoms. The van der Waals surface area contributed by atoms with Gasteiger partial charge in [-0.1, -0.05) is 15.9 Å². The van der Waals surface area contributed by atoms with Crippen LogP contribution < -0.4 is 5.73 Å². The van der Waals surface area contributed by atoms with Crippen LogP contribution in [-0.4, -0.2) is 12.3 Å². The molecule has 2 rings (SSSR count). The average molecular weight is 286 g/mol. The smallest absolute Gasteiger partial charge is 0.144 e. The molecule has 16 heavy (non-hydrogen) atoms. The van der Waals surface area contributed by atoms with Gasteiger partial charge in [0.15, 0.2) is 0 Å². The van der Waals surface area contributed by atoms with Gasteiger partial charge in [-0.25, -0.2) is 4.39 Å². The molecule has 1 aromatic rings. The maximum Gasteiger partial charge on any atom is 0.144 e. The number of ketones is 1. The molecule has 0 aliphatic heterocycles. The number of carbonyl (C=O) groups is 1. The van der Waals surface area contributed by atoms with Gasteiger partial charge in [-0.3, -0.25) is 4.79 Å². The summed E-state index contributed by atoms with van der Waals surface area (Å²) in [6.07, 6.45) is 2.00. The van der Waals surface area contributed by atoms with Gasteiger partial charge in [0.25, 0.3) is 0 Å². The minimum Gasteiger partial charge on any atom is -0.329 e. The fraction of sp³-hybridized carbons (Fsp3) is 0.417. The van der Waals surface area contributed by atoms with E-state index in [0.717, 1.165) is 17.3 Å². The van der Waals surface area contributed by atoms with Crippen LogP contribution in [0.15, 0.2) is 22.7 Å². The molecule has 0 aromatic heterocycles. The molecule has 4 heteroatoms. The fourth-order valence-electron chi connectivity index (χ4n) is 1.79. The second-order valence-electron chi connectivity index (χ2n) is 4.32. The van der Waals surface area contributed by atoms with Gasteiger partial charge in [0.1, 0.15) is 11.6 Å². The molecule has 1 aromatic carbocycles. The van der Waals surface area contributed by atoms with Crippen molar-refractivity contribution >= 4 is 21.7 Å². The monoisotopic (exact) mass is 285 g/mol. The van der Waals surface area contributed by atoms with Crippen LogP contribution in [-0.2, 0) is 11.2 Å². The van der Waals surface area contributed by atoms with E-state index in [1.165, 1.54) is 12.1 Å². The third kappa shape index (κ3) is 2.18. The van der Waals surface area contributed by atoms with Gasteiger partial charge in [0.05, 0.1) is 0 Å². The summed E-state index contributed by atoms with van der Waals surface area (Å²) in [7, 11) is 0. The summed E-state index contributed by atoms with van der Waals surface area (Å²) in [5.41, 5.74) is 5.97. The van der Waals surface area contributed by atoms with Crippen LogP contribution in [0.4, 0.5) is 4.39 Å². The number of carbonyl (C=O) groups excluding carboxylic acids is 1. The minimum absolute atomic E-state index is 0.126. The third-order valence-electron chi connectivity index (χ3n) is 3.19. The van der Waals surface area contributed by atoms with E-state index in [-0.39, 0.29) is 23.4 Å². The van der Waals surface area contributed by atoms with Gasteiger partial charge < -0.3 is 5.73 Å². The van der Waals surface area contributed by atoms with Crippen LogP contribution in [0, 0.1) is 11.2 Å². The third-order valence-corrected chi connectivity index (χ3v) is 3.97. The van der Waals surface area contributed by atoms with Gasteiger partial charge in [-0.2, -0.15) is 0 Å². The van der Waals surface area contributed by atoms with Gasteiger partial charge in [0, 0.05) is 22.9 Å². The lowest BCUT2D eigenvalue weighted by Gasteiger charge is -2.11. The fourth-order valence-corrected chi connectivity index (χ4v) is 2.17. The first kappa shape index (κ1) is 11.7. The Labute approximate surface area is 102 Å². The van der Waals surface area contributed by atoms with E-state index >= 15 is 0 Å². The first-order valence-corrected chi connectivity index (χ1v) is 6.04. The molecular weight excluding hydrogens is 273 g/mol. The lowest BCUT2D eigenvalue weighted by molar-refractivity contribution is -0.123. The average Bonchev–Trinajstić information content (AvgIpc) is 3.04. The Morgan fingerprint density at radius 1 is 1.50 bits per heavy atom. The summed E-state index contributed by atoms with van der Waals surface area (Å²) in [6, 6.07) is 4.39. The molecule has 0 atom stereocenters. The highest BCUT2D eigenvalue weighted by atomic mass is 79.9. The molecule has 0 heterocycles. The first-order valence-electron chi connectivity index (χ1n) is 5.25. The Bertz CT molecular complexity index is 429. The molecule has 0 unspecified atom stereocenters. The summed E-state index contributed by atoms with van der Waals surface area (Å²) in [4.78, 5) is 12.0. The predicted molar refractivity (Wildman–Crippen MR) is 63.5 cm³/mol. The number of rotatable bonds is 4. The van der Waals surface area contributed by atoms with E-state index in [9.17, 15) is 9.18 Å². The predicted octanol–water partition coefficient (Wildman–Crippen LogP) is 2.44. The van der Waals surface area contributed by atoms with Crippen molar-refractivity contribution in [1.82, 2.24) is 0 Å². The van der Waals surface area contributed by atoms with E-state index in [1.54, 1.807) is 6.07 Å². The molecule has 0 amide bonds. The van der Waals surface area contributed by atoms with Crippen LogP contribution >= 0.6 is 15.9 Å². The van der Waals surface area contributed by atoms with E-state index in [4.69, 9.17) is 5.73 Å². The van der Waals surface area contributed by atoms with Gasteiger partial charge in [-0.15, -0.1) is 0 Å². The van der Waals surface area contributed by atoms with Crippen molar-refractivity contribution in [2.24, 2.45) is 11.1 Å². The molecule has 0 saturated heterocycles. The van der Waals surface area contributed by atoms with Crippen molar-refractivity contribution in [3.8, 4) is 0 Å². The van der Waals surface area contributed by atoms with Crippen molar-refractivity contribution in [3.05, 3.63) is 34.1 Å². The molecule has 1 aliphatic carbocycles. The largest absolute Gasteiger partial charge is 0.329 e. The zero-order chi connectivity index (χ0) is 11.8. The van der Waals surface area contributed by atoms with E-state index in [0.29, 0.717) is 12.1 Å². The lowest BCUT2D eigenvalue weighted by Crippen LogP contribution is -2.26. The molecule has 2 nitrogen and oxygen atoms in total. The molecule has 1 aliphatic rings. The summed E-state index contributed by atoms with van der Waals surface area (Å²) >= 11 is 3.32. The van der Waals surface area contributed by atoms with Crippen LogP contribution in [0.1, 0.15) is 18.4 Å². The number of hydrogen-bond donors (Lipinski definition) is 1. The summed E-state index contributed by atoms with van der Waals surface area (Å²) in [5.74, 6) is -0.190. The van der Waals surface area contributed by atoms with Crippen molar-refractivity contribution in [3.63, 3.8) is 0 Å². The Hall–Kier alpha value is -0.740. The van der Waals surface area contributed by atoms with Gasteiger partial charge in [0.2, 0.25) is 0 Å². The van der Waals surface area contributed by atoms with Crippen molar-refractivity contribution in [1.29, 1.82) is 0 Å². The molecule has 0 spiro atoms. The van der Waals surface area contributed by atoms with Gasteiger partial charge >= 0.3 is 0 Å². The summed E-state index contributed by atoms with van der Waals surface area (Å²) in [5, 5.41) is 0. The number of benzene rings is 1. The highest BCUT2D eigenvalue weighted by Gasteiger charge is 2.47. The highest BCUT2D eigenvalue weighted by Crippen LogP contribution is 2.46. The zero-order valence-corrected chi connectivity index (χ0v) is 10.4. The number of halogens is 2. The molecule has 86 valence electrons. The van der Waals surface area contributed by atoms with Crippen molar-refractivity contribution < 1.29 is 9.18 Å². The second-order valence-corrected chi connectivity index (χ2v) is 5.17. The van der Waals surface area contributed by atoms with Crippen LogP contribution in [0.25, 0.3) is 0 Å². The summed E-state index contributed by atoms with van der Waals surface area (Å²) in [6.45, 7) is 0.402. The minimum atomic E-state index is -0.316. The lowest BCUT2D eigenvalue weighted by atomic mass is 9.95. The van der Waals surface area contributed by atoms with E-state index in [1.807, 2.05) is 0 Å². The molecule has 2 N–H and O–H groups in total. The Balaban J connectivity index is 2.15. The zero-order valence-electron chi connectivity index (χ0n) is 8.80. The summed E-state index contributed by atoms with van der Waals surface area (Å²) < 4.78 is 13.8. The first-order chi connectivity index (χ1) is 7.57. The Kier molecular flexibility index (Phi) is 3.13. The number of nitrogens with two attached hydrogens (primary N) is 1. The van der Waals surface area contributed by atoms with Crippen LogP contribution in [0.3, 0.4) is 0 Å². The van der Waals surface area contributed by atoms with E-state index < -0.39 is 0 Å². The van der Waals surface area contributed by atoms with E-state index in [2.05, 4.69) is 15.9 Å². The Morgan fingerprint density at radius 3 is 2.75 bits per heavy atom. The SMILES string of the molecule is NCC1(C(=O)Cc2cc(F)ccc2Br)CC1. The molecule has 1 fully saturated rings. The van der Waals surface area contributed by atoms with Crippen LogP contribution in [0.5, 0.6) is 0 Å². The maximum absolute atomic E-state index is 13.0. The molecule has 0 radical (unpaired) electrons. The van der Waals surface area contributed by atoms with Crippen molar-refractivity contribution in [2.45, 2.75) is 19.3 Å². The van der Waals surface area contributed by atoms with Gasteiger partial charge in [-0.05, 0) is 36.6 Å². The normalized spacial score (nSPS) is 17.2. The molecular formula is C12H13BrFNO. The standard InChI is InChI=1S/C12H13BrFNO/c13-10-2-1-9(14)5-8(10)6-11(16)12(7-15)3-4-12/h1-2,5H,3-4,6-7,15H2. The van der Waals surface area contributed by atoms with Crippen LogP contribution in [0.2, 0.25) is 0 Å².